The maximum absolute atomic E-state index is 8.97. The summed E-state index contributed by atoms with van der Waals surface area (Å²) < 4.78 is 0. The second-order valence-electron chi connectivity index (χ2n) is 2.96. The quantitative estimate of drug-likeness (QED) is 0.628. The van der Waals surface area contributed by atoms with Gasteiger partial charge in [-0.25, -0.2) is 0 Å². The van der Waals surface area contributed by atoms with Gasteiger partial charge in [-0.05, 0) is 19.3 Å². The molecule has 11 heavy (non-hydrogen) atoms. The van der Waals surface area contributed by atoms with Gasteiger partial charge in [0.1, 0.15) is 0 Å². The Labute approximate surface area is 69.7 Å². The Balaban J connectivity index is 2.50. The highest BCUT2D eigenvalue weighted by atomic mass is 31.0. The topological polar surface area (TPSA) is 20.2 Å². The van der Waals surface area contributed by atoms with Crippen molar-refractivity contribution in [2.45, 2.75) is 19.8 Å². The summed E-state index contributed by atoms with van der Waals surface area (Å²) >= 11 is 0. The molecule has 0 radical (unpaired) electrons. The van der Waals surface area contributed by atoms with Crippen LogP contribution in [-0.4, -0.2) is 10.6 Å². The van der Waals surface area contributed by atoms with Gasteiger partial charge in [-0.1, -0.05) is 32.7 Å². The van der Waals surface area contributed by atoms with Gasteiger partial charge in [-0.3, -0.25) is 0 Å². The van der Waals surface area contributed by atoms with Crippen LogP contribution >= 0.6 is 8.86 Å². The zero-order valence-electron chi connectivity index (χ0n) is 6.67. The second kappa shape index (κ2) is 3.85. The van der Waals surface area contributed by atoms with Crippen LogP contribution in [-0.2, 0) is 0 Å². The molecule has 0 aromatic heterocycles. The molecular formula is C9H13OP. The summed E-state index contributed by atoms with van der Waals surface area (Å²) in [6, 6.07) is 0. The third kappa shape index (κ3) is 3.00. The minimum absolute atomic E-state index is 0.342. The fourth-order valence-corrected chi connectivity index (χ4v) is 1.58. The van der Waals surface area contributed by atoms with Gasteiger partial charge >= 0.3 is 0 Å². The lowest BCUT2D eigenvalue weighted by Crippen LogP contribution is -2.04. The first-order valence-corrected chi connectivity index (χ1v) is 4.30. The predicted molar refractivity (Wildman–Crippen MR) is 50.9 cm³/mol. The molecule has 0 aliphatic heterocycles. The fraction of sp³-hybridized carbons (Fsp3) is 0.444. The van der Waals surface area contributed by atoms with E-state index in [0.29, 0.717) is 11.4 Å². The largest absolute Gasteiger partial charge is 0.361 e. The summed E-state index contributed by atoms with van der Waals surface area (Å²) in [7, 11) is 3.10. The highest BCUT2D eigenvalue weighted by Gasteiger charge is 2.07. The van der Waals surface area contributed by atoms with Crippen molar-refractivity contribution >= 4 is 14.3 Å². The summed E-state index contributed by atoms with van der Waals surface area (Å²) in [6.45, 7) is 2.08. The first kappa shape index (κ1) is 8.70. The van der Waals surface area contributed by atoms with Crippen molar-refractivity contribution in [2.24, 2.45) is 5.92 Å². The van der Waals surface area contributed by atoms with Crippen molar-refractivity contribution in [3.63, 3.8) is 0 Å². The van der Waals surface area contributed by atoms with E-state index in [-0.39, 0.29) is 0 Å². The van der Waals surface area contributed by atoms with Gasteiger partial charge in [-0.15, -0.1) is 0 Å². The van der Waals surface area contributed by atoms with E-state index in [4.69, 9.17) is 5.11 Å². The van der Waals surface area contributed by atoms with Crippen molar-refractivity contribution in [3.8, 4) is 0 Å². The number of allylic oxidation sites excluding steroid dienone is 4. The normalized spacial score (nSPS) is 23.1. The molecule has 2 heteroatoms. The van der Waals surface area contributed by atoms with Gasteiger partial charge in [0.25, 0.3) is 0 Å². The molecule has 1 atom stereocenters. The third-order valence-corrected chi connectivity index (χ3v) is 1.98. The Morgan fingerprint density at radius 2 is 2.55 bits per heavy atom. The minimum atomic E-state index is 0.342. The van der Waals surface area contributed by atoms with Crippen molar-refractivity contribution in [2.75, 3.05) is 0 Å². The monoisotopic (exact) mass is 168 g/mol. The maximum Gasteiger partial charge on any atom is 0.0683 e. The number of aliphatic hydroxyl groups is 1. The molecule has 0 aromatic carbocycles. The van der Waals surface area contributed by atoms with Crippen LogP contribution in [0.4, 0.5) is 0 Å². The molecule has 1 N–H and O–H groups in total. The molecule has 0 fully saturated rings. The highest BCUT2D eigenvalue weighted by molar-refractivity contribution is 7.20. The molecule has 0 spiro atoms. The van der Waals surface area contributed by atoms with E-state index in [1.54, 1.807) is 0 Å². The molecule has 0 heterocycles. The molecule has 0 amide bonds. The van der Waals surface area contributed by atoms with Crippen LogP contribution < -0.4 is 0 Å². The van der Waals surface area contributed by atoms with Crippen LogP contribution in [0, 0.1) is 5.92 Å². The molecule has 0 aromatic rings. The van der Waals surface area contributed by atoms with Gasteiger partial charge in [0.05, 0.1) is 5.48 Å². The number of rotatable bonds is 2. The third-order valence-electron chi connectivity index (χ3n) is 1.77. The fourth-order valence-electron chi connectivity index (χ4n) is 1.31. The second-order valence-corrected chi connectivity index (χ2v) is 3.54. The average molecular weight is 168 g/mol. The smallest absolute Gasteiger partial charge is 0.0683 e. The summed E-state index contributed by atoms with van der Waals surface area (Å²) in [4.78, 5) is 0. The van der Waals surface area contributed by atoms with Crippen LogP contribution in [0.5, 0.6) is 0 Å². The molecule has 1 aliphatic carbocycles. The van der Waals surface area contributed by atoms with Crippen molar-refractivity contribution in [1.29, 1.82) is 0 Å². The van der Waals surface area contributed by atoms with Gasteiger partial charge in [0, 0.05) is 6.42 Å². The van der Waals surface area contributed by atoms with Crippen LogP contribution in [0.1, 0.15) is 19.8 Å². The molecule has 0 bridgehead atoms. The lowest BCUT2D eigenvalue weighted by molar-refractivity contribution is 0.521. The van der Waals surface area contributed by atoms with E-state index >= 15 is 0 Å². The average Bonchev–Trinajstić information content (AvgIpc) is 1.85. The van der Waals surface area contributed by atoms with Crippen LogP contribution in [0.2, 0.25) is 0 Å². The maximum atomic E-state index is 8.97. The molecular weight excluding hydrogens is 155 g/mol. The molecule has 1 rings (SSSR count). The molecule has 0 saturated heterocycles. The Kier molecular flexibility index (Phi) is 3.04. The van der Waals surface area contributed by atoms with E-state index in [9.17, 15) is 0 Å². The zero-order chi connectivity index (χ0) is 8.27. The van der Waals surface area contributed by atoms with Crippen LogP contribution in [0.15, 0.2) is 23.8 Å². The summed E-state index contributed by atoms with van der Waals surface area (Å²) in [5, 5.41) is 8.97. The SMILES string of the molecule is CC1=CC(CC(O)=P)CC=C1. The van der Waals surface area contributed by atoms with E-state index < -0.39 is 0 Å². The lowest BCUT2D eigenvalue weighted by atomic mass is 9.94. The van der Waals surface area contributed by atoms with Gasteiger partial charge < -0.3 is 5.11 Å². The van der Waals surface area contributed by atoms with E-state index in [2.05, 4.69) is 34.0 Å². The predicted octanol–water partition coefficient (Wildman–Crippen LogP) is 2.54. The minimum Gasteiger partial charge on any atom is -0.361 e. The van der Waals surface area contributed by atoms with Crippen LogP contribution in [0.25, 0.3) is 0 Å². The molecule has 60 valence electrons. The zero-order valence-corrected chi connectivity index (χ0v) is 7.67. The first-order valence-electron chi connectivity index (χ1n) is 3.80. The summed E-state index contributed by atoms with van der Waals surface area (Å²) in [5.41, 5.74) is 1.63. The number of hydrogen-bond acceptors (Lipinski definition) is 0. The van der Waals surface area contributed by atoms with Gasteiger partial charge in [-0.2, -0.15) is 0 Å². The standard InChI is InChI=1S/C9H13OP/c1-7-3-2-4-8(5-7)6-9(10)11/h2-3,5,8,10-11H,4,6H2,1H3. The summed E-state index contributed by atoms with van der Waals surface area (Å²) in [5.74, 6) is 0.470. The molecule has 1 unspecified atom stereocenters. The molecule has 1 nitrogen and oxygen atoms in total. The summed E-state index contributed by atoms with van der Waals surface area (Å²) in [6.07, 6.45) is 8.21. The first-order chi connectivity index (χ1) is 5.18. The van der Waals surface area contributed by atoms with Crippen molar-refractivity contribution in [1.82, 2.24) is 0 Å². The van der Waals surface area contributed by atoms with Gasteiger partial charge in [0.2, 0.25) is 0 Å². The van der Waals surface area contributed by atoms with E-state index in [0.717, 1.165) is 12.8 Å². The number of hydrogen-bond donors (Lipinski definition) is 1. The molecule has 0 saturated carbocycles. The Hall–Kier alpha value is -0.390. The Morgan fingerprint density at radius 3 is 3.09 bits per heavy atom. The van der Waals surface area contributed by atoms with Crippen molar-refractivity contribution < 1.29 is 5.11 Å². The lowest BCUT2D eigenvalue weighted by Gasteiger charge is -2.13. The van der Waals surface area contributed by atoms with Gasteiger partial charge in [0.15, 0.2) is 0 Å². The highest BCUT2D eigenvalue weighted by Crippen LogP contribution is 2.19. The molecule has 1 aliphatic rings. The number of aliphatic hydroxyl groups excluding tert-OH is 1. The van der Waals surface area contributed by atoms with Crippen LogP contribution in [0.3, 0.4) is 0 Å². The van der Waals surface area contributed by atoms with E-state index in [1.807, 2.05) is 0 Å². The Bertz CT molecular complexity index is 216. The Morgan fingerprint density at radius 1 is 1.82 bits per heavy atom. The van der Waals surface area contributed by atoms with E-state index in [1.165, 1.54) is 5.57 Å². The van der Waals surface area contributed by atoms with Crippen molar-refractivity contribution in [3.05, 3.63) is 23.8 Å².